The van der Waals surface area contributed by atoms with Crippen LogP contribution in [0.1, 0.15) is 0 Å². The number of rotatable bonds is 1. The van der Waals surface area contributed by atoms with Gasteiger partial charge in [0.1, 0.15) is 11.0 Å². The second kappa shape index (κ2) is 3.11. The lowest BCUT2D eigenvalue weighted by Gasteiger charge is -2.04. The first kappa shape index (κ1) is 10.4. The van der Waals surface area contributed by atoms with Gasteiger partial charge in [0, 0.05) is 12.1 Å². The van der Waals surface area contributed by atoms with Gasteiger partial charge in [-0.1, -0.05) is 5.21 Å². The number of nitrogens with zero attached hydrogens (tertiary/aromatic N) is 3. The topological polar surface area (TPSA) is 89.3 Å². The summed E-state index contributed by atoms with van der Waals surface area (Å²) < 4.78 is 55.9. The molecule has 0 spiro atoms. The van der Waals surface area contributed by atoms with Gasteiger partial charge in [-0.05, 0) is 0 Å². The van der Waals surface area contributed by atoms with Crippen LogP contribution in [0.5, 0.6) is 11.5 Å². The smallest absolute Gasteiger partial charge is 0.586 e. The average Bonchev–Trinajstić information content (AvgIpc) is 2.71. The zero-order chi connectivity index (χ0) is 12.2. The normalized spacial score (nSPS) is 18.5. The molecule has 17 heavy (non-hydrogen) atoms. The van der Waals surface area contributed by atoms with Gasteiger partial charge >= 0.3 is 6.29 Å². The SMILES string of the molecule is O=S([O-])n1nnc2cc3c(cc21)OC(F)(F)O3. The number of halogens is 2. The molecule has 1 aliphatic heterocycles. The minimum atomic E-state index is -3.75. The molecule has 0 radical (unpaired) electrons. The molecule has 1 aliphatic rings. The molecule has 0 fully saturated rings. The minimum Gasteiger partial charge on any atom is -0.754 e. The fraction of sp³-hybridized carbons (Fsp3) is 0.143. The van der Waals surface area contributed by atoms with Crippen LogP contribution in [0.3, 0.4) is 0 Å². The lowest BCUT2D eigenvalue weighted by atomic mass is 10.3. The first-order valence-corrected chi connectivity index (χ1v) is 5.24. The Morgan fingerprint density at radius 1 is 1.35 bits per heavy atom. The molecule has 7 nitrogen and oxygen atoms in total. The third-order valence-corrected chi connectivity index (χ3v) is 2.63. The summed E-state index contributed by atoms with van der Waals surface area (Å²) in [7, 11) is 0. The molecule has 0 bridgehead atoms. The highest BCUT2D eigenvalue weighted by atomic mass is 32.2. The Bertz CT molecular complexity index is 643. The van der Waals surface area contributed by atoms with E-state index in [0.29, 0.717) is 4.09 Å². The van der Waals surface area contributed by atoms with Gasteiger partial charge < -0.3 is 14.0 Å². The molecule has 2 aromatic rings. The Balaban J connectivity index is 2.22. The van der Waals surface area contributed by atoms with Crippen LogP contribution in [0, 0.1) is 0 Å². The fourth-order valence-corrected chi connectivity index (χ4v) is 1.86. The Hall–Kier alpha value is -1.81. The van der Waals surface area contributed by atoms with E-state index in [4.69, 9.17) is 0 Å². The summed E-state index contributed by atoms with van der Waals surface area (Å²) in [4.78, 5) is 0. The summed E-state index contributed by atoms with van der Waals surface area (Å²) in [5.74, 6) is -0.484. The van der Waals surface area contributed by atoms with Crippen LogP contribution in [-0.2, 0) is 11.3 Å². The standard InChI is InChI=1S/C7H3F2N3O4S/c8-7(9)15-5-1-3-4(2-6(5)16-7)12(11-10-3)17(13)14/h1-2H,(H,13,14)/p-1. The average molecular weight is 262 g/mol. The maximum atomic E-state index is 12.7. The van der Waals surface area contributed by atoms with Crippen molar-refractivity contribution in [3.05, 3.63) is 12.1 Å². The minimum absolute atomic E-state index is 0.0263. The second-order valence-corrected chi connectivity index (χ2v) is 3.91. The summed E-state index contributed by atoms with van der Waals surface area (Å²) in [5.41, 5.74) is 0.132. The Morgan fingerprint density at radius 2 is 2.00 bits per heavy atom. The van der Waals surface area contributed by atoms with E-state index in [2.05, 4.69) is 19.8 Å². The number of benzene rings is 1. The molecule has 3 rings (SSSR count). The predicted molar refractivity (Wildman–Crippen MR) is 48.0 cm³/mol. The van der Waals surface area contributed by atoms with Gasteiger partial charge in [-0.15, -0.1) is 13.9 Å². The van der Waals surface area contributed by atoms with Gasteiger partial charge in [0.15, 0.2) is 11.5 Å². The van der Waals surface area contributed by atoms with Gasteiger partial charge in [0.2, 0.25) is 0 Å². The lowest BCUT2D eigenvalue weighted by molar-refractivity contribution is -0.286. The molecule has 1 atom stereocenters. The van der Waals surface area contributed by atoms with Crippen LogP contribution in [0.4, 0.5) is 8.78 Å². The monoisotopic (exact) mass is 262 g/mol. The highest BCUT2D eigenvalue weighted by Crippen LogP contribution is 2.42. The Labute approximate surface area is 94.3 Å². The van der Waals surface area contributed by atoms with Crippen LogP contribution in [0.25, 0.3) is 11.0 Å². The molecule has 2 heterocycles. The van der Waals surface area contributed by atoms with Crippen LogP contribution in [-0.4, -0.2) is 29.5 Å². The van der Waals surface area contributed by atoms with Gasteiger partial charge in [-0.3, -0.25) is 4.21 Å². The highest BCUT2D eigenvalue weighted by molar-refractivity contribution is 7.77. The third-order valence-electron chi connectivity index (χ3n) is 2.08. The van der Waals surface area contributed by atoms with Crippen molar-refractivity contribution in [2.45, 2.75) is 6.29 Å². The molecular formula is C7H2F2N3O4S-. The number of aromatic nitrogens is 3. The van der Waals surface area contributed by atoms with E-state index >= 15 is 0 Å². The number of alkyl halides is 2. The van der Waals surface area contributed by atoms with Crippen molar-refractivity contribution < 1.29 is 27.0 Å². The van der Waals surface area contributed by atoms with E-state index < -0.39 is 17.6 Å². The molecule has 1 unspecified atom stereocenters. The molecule has 90 valence electrons. The van der Waals surface area contributed by atoms with Crippen molar-refractivity contribution in [1.29, 1.82) is 0 Å². The summed E-state index contributed by atoms with van der Waals surface area (Å²) in [6.07, 6.45) is -3.75. The van der Waals surface area contributed by atoms with Crippen molar-refractivity contribution in [2.24, 2.45) is 0 Å². The quantitative estimate of drug-likeness (QED) is 0.691. The van der Waals surface area contributed by atoms with Crippen molar-refractivity contribution >= 4 is 22.3 Å². The number of ether oxygens (including phenoxy) is 2. The second-order valence-electron chi connectivity index (χ2n) is 3.13. The molecule has 1 aromatic heterocycles. The van der Waals surface area contributed by atoms with E-state index in [1.165, 1.54) is 0 Å². The van der Waals surface area contributed by atoms with Crippen LogP contribution in [0.2, 0.25) is 0 Å². The van der Waals surface area contributed by atoms with E-state index in [0.717, 1.165) is 12.1 Å². The number of fused-ring (bicyclic) bond motifs is 2. The summed E-state index contributed by atoms with van der Waals surface area (Å²) in [6, 6.07) is 2.20. The predicted octanol–water partition coefficient (Wildman–Crippen LogP) is 0.395. The van der Waals surface area contributed by atoms with Crippen molar-refractivity contribution in [2.75, 3.05) is 0 Å². The lowest BCUT2D eigenvalue weighted by Crippen LogP contribution is -2.25. The number of hydrogen-bond donors (Lipinski definition) is 0. The summed E-state index contributed by atoms with van der Waals surface area (Å²) in [5, 5.41) is 6.83. The zero-order valence-corrected chi connectivity index (χ0v) is 8.61. The van der Waals surface area contributed by atoms with Crippen LogP contribution in [0.15, 0.2) is 12.1 Å². The first-order valence-electron chi connectivity index (χ1n) is 4.21. The summed E-state index contributed by atoms with van der Waals surface area (Å²) in [6.45, 7) is 0. The highest BCUT2D eigenvalue weighted by Gasteiger charge is 2.43. The molecular weight excluding hydrogens is 260 g/mol. The Kier molecular flexibility index (Phi) is 1.89. The Morgan fingerprint density at radius 3 is 2.65 bits per heavy atom. The molecule has 0 N–H and O–H groups in total. The molecule has 0 saturated heterocycles. The maximum absolute atomic E-state index is 12.7. The first-order chi connectivity index (χ1) is 7.96. The van der Waals surface area contributed by atoms with Crippen LogP contribution >= 0.6 is 0 Å². The van der Waals surface area contributed by atoms with Gasteiger partial charge in [-0.25, -0.2) is 0 Å². The molecule has 1 aromatic carbocycles. The van der Waals surface area contributed by atoms with Crippen molar-refractivity contribution in [1.82, 2.24) is 14.4 Å². The van der Waals surface area contributed by atoms with E-state index in [1.54, 1.807) is 0 Å². The summed E-state index contributed by atoms with van der Waals surface area (Å²) >= 11 is -2.68. The zero-order valence-electron chi connectivity index (χ0n) is 7.79. The molecule has 0 aliphatic carbocycles. The number of hydrogen-bond acceptors (Lipinski definition) is 6. The van der Waals surface area contributed by atoms with Crippen LogP contribution < -0.4 is 9.47 Å². The third kappa shape index (κ3) is 1.52. The maximum Gasteiger partial charge on any atom is 0.586 e. The van der Waals surface area contributed by atoms with Crippen molar-refractivity contribution in [3.8, 4) is 11.5 Å². The van der Waals surface area contributed by atoms with Gasteiger partial charge in [0.25, 0.3) is 0 Å². The molecule has 10 heteroatoms. The van der Waals surface area contributed by atoms with Crippen molar-refractivity contribution in [3.63, 3.8) is 0 Å². The van der Waals surface area contributed by atoms with E-state index in [1.807, 2.05) is 0 Å². The molecule has 0 amide bonds. The van der Waals surface area contributed by atoms with E-state index in [-0.39, 0.29) is 22.5 Å². The molecule has 0 saturated carbocycles. The van der Waals surface area contributed by atoms with E-state index in [9.17, 15) is 17.5 Å². The largest absolute Gasteiger partial charge is 0.754 e. The van der Waals surface area contributed by atoms with Gasteiger partial charge in [-0.2, -0.15) is 4.09 Å². The fourth-order valence-electron chi connectivity index (χ4n) is 1.46. The van der Waals surface area contributed by atoms with Gasteiger partial charge in [0.05, 0.1) is 11.3 Å².